The third kappa shape index (κ3) is 2.38. The van der Waals surface area contributed by atoms with Crippen molar-refractivity contribution in [1.82, 2.24) is 10.2 Å². The molecule has 120 valence electrons. The van der Waals surface area contributed by atoms with Gasteiger partial charge >= 0.3 is 6.09 Å². The summed E-state index contributed by atoms with van der Waals surface area (Å²) in [6, 6.07) is 13.8. The Morgan fingerprint density at radius 1 is 1.21 bits per heavy atom. The topological polar surface area (TPSA) is 84.2 Å². The molecule has 0 bridgehead atoms. The van der Waals surface area contributed by atoms with Crippen LogP contribution in [0.25, 0.3) is 28.2 Å². The third-order valence-corrected chi connectivity index (χ3v) is 4.09. The molecule has 2 aromatic carbocycles. The van der Waals surface area contributed by atoms with Gasteiger partial charge in [0.2, 0.25) is 0 Å². The van der Waals surface area contributed by atoms with Gasteiger partial charge in [-0.2, -0.15) is 5.10 Å². The fourth-order valence-electron chi connectivity index (χ4n) is 2.88. The predicted molar refractivity (Wildman–Crippen MR) is 93.4 cm³/mol. The number of benzene rings is 2. The van der Waals surface area contributed by atoms with Gasteiger partial charge in [0, 0.05) is 16.6 Å². The van der Waals surface area contributed by atoms with Crippen molar-refractivity contribution in [3.05, 3.63) is 54.2 Å². The van der Waals surface area contributed by atoms with Crippen molar-refractivity contribution < 1.29 is 9.53 Å². The number of nitrogens with zero attached hydrogens (tertiary/aromatic N) is 2. The van der Waals surface area contributed by atoms with Crippen LogP contribution in [0.3, 0.4) is 0 Å². The lowest BCUT2D eigenvalue weighted by Crippen LogP contribution is -2.23. The molecule has 0 spiro atoms. The molecule has 0 radical (unpaired) electrons. The number of amides is 1. The molecule has 0 unspecified atom stereocenters. The number of aromatic nitrogens is 2. The number of hydrogen-bond acceptors (Lipinski definition) is 4. The van der Waals surface area contributed by atoms with Crippen LogP contribution >= 0.6 is 0 Å². The number of rotatable bonds is 3. The number of anilines is 1. The van der Waals surface area contributed by atoms with Gasteiger partial charge < -0.3 is 10.5 Å². The van der Waals surface area contributed by atoms with Gasteiger partial charge in [-0.1, -0.05) is 24.3 Å². The Morgan fingerprint density at radius 3 is 2.75 bits per heavy atom. The van der Waals surface area contributed by atoms with E-state index in [1.54, 1.807) is 4.90 Å². The lowest BCUT2D eigenvalue weighted by Gasteiger charge is -2.12. The summed E-state index contributed by atoms with van der Waals surface area (Å²) < 4.78 is 5.01. The number of cyclic esters (lactones) is 1. The molecule has 2 heterocycles. The predicted octanol–water partition coefficient (Wildman–Crippen LogP) is 3.12. The van der Waals surface area contributed by atoms with Crippen molar-refractivity contribution in [2.75, 3.05) is 18.1 Å². The number of carbonyl (C=O) groups is 1. The van der Waals surface area contributed by atoms with Crippen molar-refractivity contribution in [3.63, 3.8) is 0 Å². The van der Waals surface area contributed by atoms with Crippen molar-refractivity contribution in [1.29, 1.82) is 0 Å². The van der Waals surface area contributed by atoms with Crippen LogP contribution < -0.4 is 10.6 Å². The van der Waals surface area contributed by atoms with E-state index in [2.05, 4.69) is 10.2 Å². The van der Waals surface area contributed by atoms with E-state index < -0.39 is 0 Å². The van der Waals surface area contributed by atoms with E-state index >= 15 is 0 Å². The first-order chi connectivity index (χ1) is 11.8. The standard InChI is InChI=1S/C18H16N4O2/c19-8-7-12-1-3-13(4-2-12)17-15-11-14(5-6-16(15)20-21-17)22-9-10-24-18(22)23/h1-8,11H,9-10,19H2,(H,20,21)/b8-7-. The van der Waals surface area contributed by atoms with Crippen LogP contribution in [0.1, 0.15) is 5.56 Å². The summed E-state index contributed by atoms with van der Waals surface area (Å²) in [7, 11) is 0. The number of carbonyl (C=O) groups excluding carboxylic acids is 1. The maximum atomic E-state index is 11.8. The second kappa shape index (κ2) is 5.73. The summed E-state index contributed by atoms with van der Waals surface area (Å²) in [6.07, 6.45) is 3.04. The molecule has 4 rings (SSSR count). The minimum atomic E-state index is -0.308. The van der Waals surface area contributed by atoms with Crippen LogP contribution in [0.2, 0.25) is 0 Å². The van der Waals surface area contributed by atoms with E-state index in [4.69, 9.17) is 10.5 Å². The normalized spacial score (nSPS) is 14.7. The second-order valence-electron chi connectivity index (χ2n) is 5.55. The van der Waals surface area contributed by atoms with Crippen molar-refractivity contribution in [2.45, 2.75) is 0 Å². The molecule has 6 heteroatoms. The molecule has 1 saturated heterocycles. The first kappa shape index (κ1) is 14.3. The van der Waals surface area contributed by atoms with Crippen molar-refractivity contribution in [2.24, 2.45) is 5.73 Å². The Bertz CT molecular complexity index is 928. The summed E-state index contributed by atoms with van der Waals surface area (Å²) in [5.74, 6) is 0. The van der Waals surface area contributed by atoms with Gasteiger partial charge in [-0.05, 0) is 36.0 Å². The lowest BCUT2D eigenvalue weighted by atomic mass is 10.1. The van der Waals surface area contributed by atoms with Crippen LogP contribution in [-0.2, 0) is 4.74 Å². The molecule has 0 saturated carbocycles. The molecular formula is C18H16N4O2. The first-order valence-electron chi connectivity index (χ1n) is 7.67. The molecule has 1 aromatic heterocycles. The van der Waals surface area contributed by atoms with E-state index in [0.717, 1.165) is 33.4 Å². The molecule has 3 aromatic rings. The molecule has 0 atom stereocenters. The summed E-state index contributed by atoms with van der Waals surface area (Å²) in [6.45, 7) is 0.989. The average Bonchev–Trinajstić information content (AvgIpc) is 3.21. The van der Waals surface area contributed by atoms with Gasteiger partial charge in [0.05, 0.1) is 17.8 Å². The molecule has 3 N–H and O–H groups in total. The average molecular weight is 320 g/mol. The smallest absolute Gasteiger partial charge is 0.414 e. The van der Waals surface area contributed by atoms with Crippen LogP contribution in [0.15, 0.2) is 48.7 Å². The van der Waals surface area contributed by atoms with E-state index in [9.17, 15) is 4.79 Å². The monoisotopic (exact) mass is 320 g/mol. The van der Waals surface area contributed by atoms with Crippen LogP contribution in [0.5, 0.6) is 0 Å². The fourth-order valence-corrected chi connectivity index (χ4v) is 2.88. The number of hydrogen-bond donors (Lipinski definition) is 2. The highest BCUT2D eigenvalue weighted by molar-refractivity contribution is 5.98. The van der Waals surface area contributed by atoms with Crippen molar-refractivity contribution in [3.8, 4) is 11.3 Å². The number of fused-ring (bicyclic) bond motifs is 1. The largest absolute Gasteiger partial charge is 0.447 e. The molecule has 1 amide bonds. The zero-order valence-electron chi connectivity index (χ0n) is 12.9. The Morgan fingerprint density at radius 2 is 2.04 bits per heavy atom. The number of H-pyrrole nitrogens is 1. The van der Waals surface area contributed by atoms with E-state index in [0.29, 0.717) is 13.2 Å². The highest BCUT2D eigenvalue weighted by Gasteiger charge is 2.24. The molecule has 1 aliphatic heterocycles. The highest BCUT2D eigenvalue weighted by atomic mass is 16.6. The second-order valence-corrected chi connectivity index (χ2v) is 5.55. The van der Waals surface area contributed by atoms with Gasteiger partial charge in [-0.25, -0.2) is 4.79 Å². The van der Waals surface area contributed by atoms with E-state index in [1.807, 2.05) is 48.5 Å². The maximum absolute atomic E-state index is 11.8. The van der Waals surface area contributed by atoms with Crippen molar-refractivity contribution >= 4 is 28.8 Å². The lowest BCUT2D eigenvalue weighted by molar-refractivity contribution is 0.181. The molecule has 1 fully saturated rings. The molecule has 24 heavy (non-hydrogen) atoms. The quantitative estimate of drug-likeness (QED) is 0.776. The minimum Gasteiger partial charge on any atom is -0.447 e. The van der Waals surface area contributed by atoms with Crippen LogP contribution in [0.4, 0.5) is 10.5 Å². The van der Waals surface area contributed by atoms with Gasteiger partial charge in [0.25, 0.3) is 0 Å². The van der Waals surface area contributed by atoms with E-state index in [1.165, 1.54) is 6.20 Å². The Labute approximate surface area is 138 Å². The highest BCUT2D eigenvalue weighted by Crippen LogP contribution is 2.30. The SMILES string of the molecule is N/C=C\c1ccc(-c2n[nH]c3ccc(N4CCOC4=O)cc23)cc1. The summed E-state index contributed by atoms with van der Waals surface area (Å²) in [5.41, 5.74) is 10.0. The van der Waals surface area contributed by atoms with Gasteiger partial charge in [-0.15, -0.1) is 0 Å². The Hall–Kier alpha value is -3.28. The number of aromatic amines is 1. The Balaban J connectivity index is 1.76. The van der Waals surface area contributed by atoms with Crippen LogP contribution in [0, 0.1) is 0 Å². The van der Waals surface area contributed by atoms with Gasteiger partial charge in [0.15, 0.2) is 0 Å². The molecule has 6 nitrogen and oxygen atoms in total. The van der Waals surface area contributed by atoms with E-state index in [-0.39, 0.29) is 6.09 Å². The number of nitrogens with two attached hydrogens (primary N) is 1. The zero-order valence-corrected chi connectivity index (χ0v) is 12.9. The Kier molecular flexibility index (Phi) is 3.42. The van der Waals surface area contributed by atoms with Gasteiger partial charge in [0.1, 0.15) is 6.61 Å². The molecule has 1 aliphatic rings. The molecule has 0 aliphatic carbocycles. The first-order valence-corrected chi connectivity index (χ1v) is 7.67. The third-order valence-electron chi connectivity index (χ3n) is 4.09. The summed E-state index contributed by atoms with van der Waals surface area (Å²) >= 11 is 0. The van der Waals surface area contributed by atoms with Gasteiger partial charge in [-0.3, -0.25) is 10.00 Å². The number of nitrogens with one attached hydrogen (secondary N) is 1. The summed E-state index contributed by atoms with van der Waals surface area (Å²) in [5, 5.41) is 8.43. The molecular weight excluding hydrogens is 304 g/mol. The maximum Gasteiger partial charge on any atom is 0.414 e. The minimum absolute atomic E-state index is 0.308. The fraction of sp³-hybridized carbons (Fsp3) is 0.111. The number of ether oxygens (including phenoxy) is 1. The zero-order chi connectivity index (χ0) is 16.5. The summed E-state index contributed by atoms with van der Waals surface area (Å²) in [4.78, 5) is 13.4. The van der Waals surface area contributed by atoms with Crippen LogP contribution in [-0.4, -0.2) is 29.4 Å².